The molecule has 1 rings (SSSR count). The van der Waals surface area contributed by atoms with Crippen molar-refractivity contribution in [2.45, 2.75) is 52.1 Å². The first-order chi connectivity index (χ1) is 9.92. The van der Waals surface area contributed by atoms with E-state index in [-0.39, 0.29) is 5.54 Å². The maximum absolute atomic E-state index is 5.40. The van der Waals surface area contributed by atoms with Crippen LogP contribution >= 0.6 is 0 Å². The summed E-state index contributed by atoms with van der Waals surface area (Å²) in [5.41, 5.74) is 1.50. The number of hydrogen-bond acceptors (Lipinski definition) is 3. The van der Waals surface area contributed by atoms with Crippen molar-refractivity contribution in [3.8, 4) is 5.75 Å². The van der Waals surface area contributed by atoms with Gasteiger partial charge < -0.3 is 15.0 Å². The number of nitrogens with zero attached hydrogens (tertiary/aromatic N) is 1. The van der Waals surface area contributed by atoms with Gasteiger partial charge in [0.15, 0.2) is 0 Å². The first kappa shape index (κ1) is 18.0. The standard InChI is InChI=1S/C18H32N2O/c1-18(2,3)19-13-9-6-10-14-20(4)15-16-11-7-8-12-17(16)21-5/h7-8,11-12,19H,6,9-10,13-15H2,1-5H3. The maximum Gasteiger partial charge on any atom is 0.123 e. The molecule has 0 spiro atoms. The Kier molecular flexibility index (Phi) is 7.76. The summed E-state index contributed by atoms with van der Waals surface area (Å²) < 4.78 is 5.40. The normalized spacial score (nSPS) is 11.9. The fourth-order valence-corrected chi connectivity index (χ4v) is 2.35. The molecule has 0 amide bonds. The van der Waals surface area contributed by atoms with Crippen LogP contribution in [0.25, 0.3) is 0 Å². The van der Waals surface area contributed by atoms with Crippen LogP contribution in [0.15, 0.2) is 24.3 Å². The van der Waals surface area contributed by atoms with E-state index in [1.165, 1.54) is 24.8 Å². The van der Waals surface area contributed by atoms with Gasteiger partial charge in [0.1, 0.15) is 5.75 Å². The predicted molar refractivity (Wildman–Crippen MR) is 90.9 cm³/mol. The van der Waals surface area contributed by atoms with Crippen molar-refractivity contribution in [2.24, 2.45) is 0 Å². The Morgan fingerprint density at radius 1 is 1.10 bits per heavy atom. The molecular formula is C18H32N2O. The van der Waals surface area contributed by atoms with E-state index < -0.39 is 0 Å². The van der Waals surface area contributed by atoms with Crippen LogP contribution in [-0.2, 0) is 6.54 Å². The highest BCUT2D eigenvalue weighted by atomic mass is 16.5. The van der Waals surface area contributed by atoms with E-state index in [4.69, 9.17) is 4.74 Å². The maximum atomic E-state index is 5.40. The SMILES string of the molecule is COc1ccccc1CN(C)CCCCCNC(C)(C)C. The van der Waals surface area contributed by atoms with E-state index in [0.29, 0.717) is 0 Å². The molecular weight excluding hydrogens is 260 g/mol. The number of para-hydroxylation sites is 1. The number of methoxy groups -OCH3 is 1. The Balaban J connectivity index is 2.18. The molecule has 0 saturated carbocycles. The van der Waals surface area contributed by atoms with Crippen molar-refractivity contribution in [2.75, 3.05) is 27.2 Å². The van der Waals surface area contributed by atoms with Gasteiger partial charge in [0.05, 0.1) is 7.11 Å². The number of nitrogens with one attached hydrogen (secondary N) is 1. The van der Waals surface area contributed by atoms with Crippen LogP contribution in [0.3, 0.4) is 0 Å². The molecule has 0 unspecified atom stereocenters. The molecule has 0 aliphatic carbocycles. The molecule has 0 aliphatic heterocycles. The van der Waals surface area contributed by atoms with Crippen LogP contribution in [0, 0.1) is 0 Å². The number of unbranched alkanes of at least 4 members (excludes halogenated alkanes) is 2. The van der Waals surface area contributed by atoms with Gasteiger partial charge in [-0.15, -0.1) is 0 Å². The molecule has 0 heterocycles. The topological polar surface area (TPSA) is 24.5 Å². The van der Waals surface area contributed by atoms with Crippen molar-refractivity contribution in [3.05, 3.63) is 29.8 Å². The van der Waals surface area contributed by atoms with Crippen LogP contribution in [0.5, 0.6) is 5.75 Å². The van der Waals surface area contributed by atoms with Gasteiger partial charge in [-0.2, -0.15) is 0 Å². The van der Waals surface area contributed by atoms with Crippen molar-refractivity contribution in [3.63, 3.8) is 0 Å². The van der Waals surface area contributed by atoms with E-state index in [1.54, 1.807) is 7.11 Å². The fraction of sp³-hybridized carbons (Fsp3) is 0.667. The third-order valence-electron chi connectivity index (χ3n) is 3.50. The summed E-state index contributed by atoms with van der Waals surface area (Å²) in [7, 11) is 3.92. The first-order valence-electron chi connectivity index (χ1n) is 7.98. The quantitative estimate of drug-likeness (QED) is 0.703. The van der Waals surface area contributed by atoms with Crippen LogP contribution < -0.4 is 10.1 Å². The van der Waals surface area contributed by atoms with E-state index in [2.05, 4.69) is 50.2 Å². The summed E-state index contributed by atoms with van der Waals surface area (Å²) in [6, 6.07) is 8.26. The molecule has 1 aromatic carbocycles. The minimum atomic E-state index is 0.237. The fourth-order valence-electron chi connectivity index (χ4n) is 2.35. The van der Waals surface area contributed by atoms with Crippen LogP contribution in [-0.4, -0.2) is 37.7 Å². The minimum absolute atomic E-state index is 0.237. The van der Waals surface area contributed by atoms with Gasteiger partial charge >= 0.3 is 0 Å². The molecule has 1 N–H and O–H groups in total. The lowest BCUT2D eigenvalue weighted by Gasteiger charge is -2.21. The lowest BCUT2D eigenvalue weighted by atomic mass is 10.1. The third kappa shape index (κ3) is 8.08. The van der Waals surface area contributed by atoms with Gasteiger partial charge in [0.25, 0.3) is 0 Å². The minimum Gasteiger partial charge on any atom is -0.496 e. The number of hydrogen-bond donors (Lipinski definition) is 1. The van der Waals surface area contributed by atoms with Crippen molar-refractivity contribution in [1.82, 2.24) is 10.2 Å². The Hall–Kier alpha value is -1.06. The Labute approximate surface area is 130 Å². The third-order valence-corrected chi connectivity index (χ3v) is 3.50. The summed E-state index contributed by atoms with van der Waals surface area (Å²) in [5, 5.41) is 3.53. The average Bonchev–Trinajstić information content (AvgIpc) is 2.42. The molecule has 3 heteroatoms. The molecule has 0 saturated heterocycles. The highest BCUT2D eigenvalue weighted by Crippen LogP contribution is 2.18. The second-order valence-electron chi connectivity index (χ2n) is 6.79. The van der Waals surface area contributed by atoms with Gasteiger partial charge in [-0.1, -0.05) is 24.6 Å². The monoisotopic (exact) mass is 292 g/mol. The zero-order chi connectivity index (χ0) is 15.7. The van der Waals surface area contributed by atoms with Crippen molar-refractivity contribution < 1.29 is 4.74 Å². The molecule has 0 radical (unpaired) electrons. The number of benzene rings is 1. The van der Waals surface area contributed by atoms with Crippen molar-refractivity contribution in [1.29, 1.82) is 0 Å². The predicted octanol–water partition coefficient (Wildman–Crippen LogP) is 3.69. The molecule has 0 atom stereocenters. The Morgan fingerprint density at radius 3 is 2.48 bits per heavy atom. The highest BCUT2D eigenvalue weighted by molar-refractivity contribution is 5.32. The summed E-state index contributed by atoms with van der Waals surface area (Å²) in [6.07, 6.45) is 3.77. The summed E-state index contributed by atoms with van der Waals surface area (Å²) in [5.74, 6) is 0.985. The molecule has 3 nitrogen and oxygen atoms in total. The lowest BCUT2D eigenvalue weighted by molar-refractivity contribution is 0.307. The van der Waals surface area contributed by atoms with Crippen LogP contribution in [0.2, 0.25) is 0 Å². The molecule has 120 valence electrons. The summed E-state index contributed by atoms with van der Waals surface area (Å²) >= 11 is 0. The largest absolute Gasteiger partial charge is 0.496 e. The second kappa shape index (κ2) is 9.06. The molecule has 1 aromatic rings. The van der Waals surface area contributed by atoms with Crippen LogP contribution in [0.1, 0.15) is 45.6 Å². The molecule has 0 aromatic heterocycles. The zero-order valence-corrected chi connectivity index (χ0v) is 14.4. The Bertz CT molecular complexity index is 398. The Morgan fingerprint density at radius 2 is 1.81 bits per heavy atom. The second-order valence-corrected chi connectivity index (χ2v) is 6.79. The zero-order valence-electron chi connectivity index (χ0n) is 14.4. The van der Waals surface area contributed by atoms with Gasteiger partial charge in [0.2, 0.25) is 0 Å². The van der Waals surface area contributed by atoms with Gasteiger partial charge in [-0.05, 0) is 59.8 Å². The van der Waals surface area contributed by atoms with E-state index in [9.17, 15) is 0 Å². The smallest absolute Gasteiger partial charge is 0.123 e. The van der Waals surface area contributed by atoms with Gasteiger partial charge in [0, 0.05) is 17.6 Å². The number of ether oxygens (including phenoxy) is 1. The average molecular weight is 292 g/mol. The lowest BCUT2D eigenvalue weighted by Crippen LogP contribution is -2.36. The molecule has 0 fully saturated rings. The number of rotatable bonds is 9. The summed E-state index contributed by atoms with van der Waals surface area (Å²) in [4.78, 5) is 2.37. The van der Waals surface area contributed by atoms with Crippen molar-refractivity contribution >= 4 is 0 Å². The van der Waals surface area contributed by atoms with E-state index >= 15 is 0 Å². The molecule has 21 heavy (non-hydrogen) atoms. The van der Waals surface area contributed by atoms with Crippen LogP contribution in [0.4, 0.5) is 0 Å². The van der Waals surface area contributed by atoms with E-state index in [0.717, 1.165) is 25.4 Å². The van der Waals surface area contributed by atoms with Gasteiger partial charge in [-0.25, -0.2) is 0 Å². The van der Waals surface area contributed by atoms with E-state index in [1.807, 2.05) is 12.1 Å². The molecule has 0 bridgehead atoms. The van der Waals surface area contributed by atoms with Gasteiger partial charge in [-0.3, -0.25) is 0 Å². The summed E-state index contributed by atoms with van der Waals surface area (Å²) in [6.45, 7) is 9.84. The first-order valence-corrected chi connectivity index (χ1v) is 7.98. The highest BCUT2D eigenvalue weighted by Gasteiger charge is 2.08. The molecule has 0 aliphatic rings.